The first-order valence-electron chi connectivity index (χ1n) is 7.62. The van der Waals surface area contributed by atoms with Crippen molar-refractivity contribution < 1.29 is 9.47 Å². The van der Waals surface area contributed by atoms with E-state index >= 15 is 0 Å². The van der Waals surface area contributed by atoms with Gasteiger partial charge in [0.25, 0.3) is 0 Å². The maximum absolute atomic E-state index is 5.76. The fourth-order valence-corrected chi connectivity index (χ4v) is 2.30. The Kier molecular flexibility index (Phi) is 5.98. The molecule has 1 saturated heterocycles. The maximum Gasteiger partial charge on any atom is 0.324 e. The molecule has 0 aromatic carbocycles. The molecule has 118 valence electrons. The lowest BCUT2D eigenvalue weighted by molar-refractivity contribution is 0.119. The summed E-state index contributed by atoms with van der Waals surface area (Å²) in [4.78, 5) is 14.9. The van der Waals surface area contributed by atoms with Crippen molar-refractivity contribution in [2.75, 3.05) is 39.2 Å². The highest BCUT2D eigenvalue weighted by Crippen LogP contribution is 2.17. The van der Waals surface area contributed by atoms with Crippen LogP contribution in [0.4, 0.5) is 5.95 Å². The van der Waals surface area contributed by atoms with Gasteiger partial charge in [0.05, 0.1) is 6.61 Å². The lowest BCUT2D eigenvalue weighted by Crippen LogP contribution is -2.40. The molecule has 0 amide bonds. The Morgan fingerprint density at radius 1 is 1.19 bits per heavy atom. The average Bonchev–Trinajstić information content (AvgIpc) is 2.52. The van der Waals surface area contributed by atoms with Crippen LogP contribution in [0, 0.1) is 0 Å². The van der Waals surface area contributed by atoms with Crippen molar-refractivity contribution in [2.24, 2.45) is 0 Å². The largest absolute Gasteiger partial charge is 0.463 e. The molecule has 1 unspecified atom stereocenters. The summed E-state index contributed by atoms with van der Waals surface area (Å²) in [5, 5.41) is 2.90. The molecule has 1 N–H and O–H groups in total. The predicted molar refractivity (Wildman–Crippen MR) is 80.9 cm³/mol. The van der Waals surface area contributed by atoms with Gasteiger partial charge in [-0.15, -0.1) is 4.98 Å². The van der Waals surface area contributed by atoms with E-state index < -0.39 is 0 Å². The van der Waals surface area contributed by atoms with Gasteiger partial charge in [0.1, 0.15) is 6.61 Å². The topological polar surface area (TPSA) is 72.4 Å². The molecule has 7 nitrogen and oxygen atoms in total. The van der Waals surface area contributed by atoms with Gasteiger partial charge in [-0.2, -0.15) is 9.97 Å². The molecule has 1 aromatic rings. The zero-order chi connectivity index (χ0) is 15.1. The minimum absolute atomic E-state index is 0.309. The predicted octanol–water partition coefficient (Wildman–Crippen LogP) is 1.57. The summed E-state index contributed by atoms with van der Waals surface area (Å²) in [6.45, 7) is 4.34. The van der Waals surface area contributed by atoms with Crippen molar-refractivity contribution >= 4 is 5.95 Å². The number of piperidine rings is 1. The van der Waals surface area contributed by atoms with Crippen LogP contribution in [0.5, 0.6) is 12.0 Å². The summed E-state index contributed by atoms with van der Waals surface area (Å²) in [6.07, 6.45) is 4.57. The fraction of sp³-hybridized carbons (Fsp3) is 0.786. The Labute approximate surface area is 126 Å². The highest BCUT2D eigenvalue weighted by molar-refractivity contribution is 5.26. The summed E-state index contributed by atoms with van der Waals surface area (Å²) in [5.41, 5.74) is 0. The molecule has 0 radical (unpaired) electrons. The van der Waals surface area contributed by atoms with Gasteiger partial charge in [-0.25, -0.2) is 0 Å². The van der Waals surface area contributed by atoms with Gasteiger partial charge in [0, 0.05) is 13.1 Å². The molecule has 1 aliphatic rings. The van der Waals surface area contributed by atoms with E-state index in [2.05, 4.69) is 32.2 Å². The Morgan fingerprint density at radius 2 is 1.95 bits per heavy atom. The molecule has 1 atom stereocenters. The van der Waals surface area contributed by atoms with Gasteiger partial charge in [0.15, 0.2) is 0 Å². The second-order valence-electron chi connectivity index (χ2n) is 5.26. The summed E-state index contributed by atoms with van der Waals surface area (Å²) < 4.78 is 11.2. The van der Waals surface area contributed by atoms with E-state index in [0.29, 0.717) is 37.2 Å². The number of hydrogen-bond acceptors (Lipinski definition) is 7. The van der Waals surface area contributed by atoms with Crippen LogP contribution in [0.3, 0.4) is 0 Å². The first-order valence-corrected chi connectivity index (χ1v) is 7.62. The molecule has 0 spiro atoms. The zero-order valence-corrected chi connectivity index (χ0v) is 13.1. The number of rotatable bonds is 7. The van der Waals surface area contributed by atoms with E-state index in [1.807, 2.05) is 6.92 Å². The Bertz CT molecular complexity index is 443. The molecule has 1 aromatic heterocycles. The third-order valence-corrected chi connectivity index (χ3v) is 3.58. The first-order chi connectivity index (χ1) is 10.2. The lowest BCUT2D eigenvalue weighted by Gasteiger charge is -2.31. The van der Waals surface area contributed by atoms with Gasteiger partial charge in [-0.3, -0.25) is 0 Å². The van der Waals surface area contributed by atoms with E-state index in [1.54, 1.807) is 7.05 Å². The number of aromatic nitrogens is 3. The molecular formula is C14H25N5O2. The lowest BCUT2D eigenvalue weighted by atomic mass is 10.0. The quantitative estimate of drug-likeness (QED) is 0.818. The highest BCUT2D eigenvalue weighted by atomic mass is 16.5. The minimum atomic E-state index is 0.309. The van der Waals surface area contributed by atoms with Gasteiger partial charge in [-0.05, 0) is 32.9 Å². The minimum Gasteiger partial charge on any atom is -0.463 e. The van der Waals surface area contributed by atoms with Crippen LogP contribution >= 0.6 is 0 Å². The smallest absolute Gasteiger partial charge is 0.324 e. The SMILES string of the molecule is CCCOc1nc(NC)nc(OCC2CCCCN2C)n1. The number of hydrogen-bond donors (Lipinski definition) is 1. The summed E-state index contributed by atoms with van der Waals surface area (Å²) in [5.74, 6) is 0.461. The van der Waals surface area contributed by atoms with Gasteiger partial charge >= 0.3 is 12.0 Å². The van der Waals surface area contributed by atoms with E-state index in [-0.39, 0.29) is 0 Å². The fourth-order valence-electron chi connectivity index (χ4n) is 2.30. The van der Waals surface area contributed by atoms with Crippen molar-refractivity contribution in [2.45, 2.75) is 38.6 Å². The second kappa shape index (κ2) is 7.97. The molecule has 1 fully saturated rings. The van der Waals surface area contributed by atoms with Gasteiger partial charge in [-0.1, -0.05) is 13.3 Å². The first kappa shape index (κ1) is 15.8. The van der Waals surface area contributed by atoms with E-state index in [9.17, 15) is 0 Å². The molecule has 7 heteroatoms. The molecule has 2 rings (SSSR count). The standard InChI is InChI=1S/C14H25N5O2/c1-4-9-20-13-16-12(15-2)17-14(18-13)21-10-11-7-5-6-8-19(11)3/h11H,4-10H2,1-3H3,(H,15,16,17,18). The van der Waals surface area contributed by atoms with E-state index in [0.717, 1.165) is 19.4 Å². The average molecular weight is 295 g/mol. The second-order valence-corrected chi connectivity index (χ2v) is 5.26. The molecule has 21 heavy (non-hydrogen) atoms. The molecule has 0 saturated carbocycles. The number of likely N-dealkylation sites (N-methyl/N-ethyl adjacent to an activating group) is 1. The van der Waals surface area contributed by atoms with E-state index in [4.69, 9.17) is 9.47 Å². The van der Waals surface area contributed by atoms with Crippen molar-refractivity contribution in [3.63, 3.8) is 0 Å². The third-order valence-electron chi connectivity index (χ3n) is 3.58. The van der Waals surface area contributed by atoms with Crippen LogP contribution in [-0.2, 0) is 0 Å². The number of likely N-dealkylation sites (tertiary alicyclic amines) is 1. The third kappa shape index (κ3) is 4.70. The molecule has 0 bridgehead atoms. The van der Waals surface area contributed by atoms with Gasteiger partial charge in [0.2, 0.25) is 5.95 Å². The number of ether oxygens (including phenoxy) is 2. The van der Waals surface area contributed by atoms with Crippen LogP contribution in [0.15, 0.2) is 0 Å². The van der Waals surface area contributed by atoms with Crippen molar-refractivity contribution in [1.82, 2.24) is 19.9 Å². The maximum atomic E-state index is 5.76. The van der Waals surface area contributed by atoms with Crippen molar-refractivity contribution in [3.8, 4) is 12.0 Å². The molecule has 2 heterocycles. The van der Waals surface area contributed by atoms with Crippen LogP contribution < -0.4 is 14.8 Å². The van der Waals surface area contributed by atoms with Gasteiger partial charge < -0.3 is 19.7 Å². The summed E-state index contributed by atoms with van der Waals surface area (Å²) in [6, 6.07) is 1.05. The van der Waals surface area contributed by atoms with Crippen LogP contribution in [-0.4, -0.2) is 59.7 Å². The number of nitrogens with zero attached hydrogens (tertiary/aromatic N) is 4. The van der Waals surface area contributed by atoms with Crippen LogP contribution in [0.1, 0.15) is 32.6 Å². The Morgan fingerprint density at radius 3 is 2.62 bits per heavy atom. The normalized spacial score (nSPS) is 19.3. The number of nitrogens with one attached hydrogen (secondary N) is 1. The molecule has 1 aliphatic heterocycles. The number of anilines is 1. The summed E-state index contributed by atoms with van der Waals surface area (Å²) in [7, 11) is 3.90. The molecule has 0 aliphatic carbocycles. The van der Waals surface area contributed by atoms with Crippen molar-refractivity contribution in [3.05, 3.63) is 0 Å². The zero-order valence-electron chi connectivity index (χ0n) is 13.1. The Hall–Kier alpha value is -1.63. The van der Waals surface area contributed by atoms with E-state index in [1.165, 1.54) is 12.8 Å². The van der Waals surface area contributed by atoms with Crippen LogP contribution in [0.2, 0.25) is 0 Å². The highest BCUT2D eigenvalue weighted by Gasteiger charge is 2.20. The summed E-state index contributed by atoms with van der Waals surface area (Å²) >= 11 is 0. The Balaban J connectivity index is 1.97. The van der Waals surface area contributed by atoms with Crippen molar-refractivity contribution in [1.29, 1.82) is 0 Å². The molecular weight excluding hydrogens is 270 g/mol. The monoisotopic (exact) mass is 295 g/mol. The van der Waals surface area contributed by atoms with Crippen LogP contribution in [0.25, 0.3) is 0 Å².